The van der Waals surface area contributed by atoms with Crippen LogP contribution in [0.25, 0.3) is 0 Å². The molecule has 2 aromatic carbocycles. The van der Waals surface area contributed by atoms with Crippen molar-refractivity contribution in [1.29, 1.82) is 0 Å². The number of para-hydroxylation sites is 1. The summed E-state index contributed by atoms with van der Waals surface area (Å²) in [5, 5.41) is 3.12. The van der Waals surface area contributed by atoms with Gasteiger partial charge in [-0.25, -0.2) is 4.98 Å². The lowest BCUT2D eigenvalue weighted by Gasteiger charge is -2.31. The average molecular weight is 389 g/mol. The van der Waals surface area contributed by atoms with E-state index in [-0.39, 0.29) is 5.91 Å². The molecular weight excluding hydrogens is 360 g/mol. The molecule has 5 nitrogen and oxygen atoms in total. The monoisotopic (exact) mass is 388 g/mol. The number of aryl methyl sites for hydroxylation is 1. The standard InChI is InChI=1S/C24H28N4O/c1-19-25-13-16-28(19)17-22-9-5-6-10-23(22)26-24(29)18-27-14-11-21(12-15-27)20-7-3-2-4-8-20/h2-10,13,16,21H,11-12,14-15,17-18H2,1H3,(H,26,29). The number of anilines is 1. The lowest BCUT2D eigenvalue weighted by atomic mass is 9.89. The van der Waals surface area contributed by atoms with Crippen LogP contribution in [0.15, 0.2) is 67.0 Å². The van der Waals surface area contributed by atoms with Gasteiger partial charge in [-0.3, -0.25) is 9.69 Å². The van der Waals surface area contributed by atoms with E-state index in [1.807, 2.05) is 31.3 Å². The Labute approximate surface area is 172 Å². The summed E-state index contributed by atoms with van der Waals surface area (Å²) in [7, 11) is 0. The molecule has 0 saturated carbocycles. The predicted molar refractivity (Wildman–Crippen MR) is 116 cm³/mol. The van der Waals surface area contributed by atoms with E-state index in [2.05, 4.69) is 56.2 Å². The molecule has 1 amide bonds. The summed E-state index contributed by atoms with van der Waals surface area (Å²) in [4.78, 5) is 19.2. The molecule has 0 unspecified atom stereocenters. The molecule has 2 heterocycles. The van der Waals surface area contributed by atoms with Gasteiger partial charge in [0.2, 0.25) is 5.91 Å². The smallest absolute Gasteiger partial charge is 0.238 e. The van der Waals surface area contributed by atoms with E-state index in [1.54, 1.807) is 6.20 Å². The average Bonchev–Trinajstić information content (AvgIpc) is 3.15. The Bertz CT molecular complexity index is 942. The first kappa shape index (κ1) is 19.4. The Morgan fingerprint density at radius 1 is 1.07 bits per heavy atom. The van der Waals surface area contributed by atoms with E-state index in [0.29, 0.717) is 19.0 Å². The fraction of sp³-hybridized carbons (Fsp3) is 0.333. The molecule has 1 aliphatic rings. The van der Waals surface area contributed by atoms with Crippen LogP contribution in [-0.4, -0.2) is 40.0 Å². The molecule has 1 aliphatic heterocycles. The Hall–Kier alpha value is -2.92. The molecule has 0 spiro atoms. The van der Waals surface area contributed by atoms with Gasteiger partial charge in [0.1, 0.15) is 5.82 Å². The van der Waals surface area contributed by atoms with E-state index in [1.165, 1.54) is 5.56 Å². The normalized spacial score (nSPS) is 15.3. The Kier molecular flexibility index (Phi) is 6.06. The quantitative estimate of drug-likeness (QED) is 0.693. The molecular formula is C24H28N4O. The van der Waals surface area contributed by atoms with Gasteiger partial charge >= 0.3 is 0 Å². The highest BCUT2D eigenvalue weighted by molar-refractivity contribution is 5.93. The lowest BCUT2D eigenvalue weighted by molar-refractivity contribution is -0.117. The third kappa shape index (κ3) is 4.93. The first-order valence-electron chi connectivity index (χ1n) is 10.3. The van der Waals surface area contributed by atoms with Crippen LogP contribution in [0, 0.1) is 6.92 Å². The van der Waals surface area contributed by atoms with E-state index in [4.69, 9.17) is 0 Å². The molecule has 3 aromatic rings. The maximum Gasteiger partial charge on any atom is 0.238 e. The third-order valence-corrected chi connectivity index (χ3v) is 5.78. The second-order valence-electron chi connectivity index (χ2n) is 7.77. The SMILES string of the molecule is Cc1nccn1Cc1ccccc1NC(=O)CN1CCC(c2ccccc2)CC1. The summed E-state index contributed by atoms with van der Waals surface area (Å²) in [5.41, 5.74) is 3.38. The number of rotatable bonds is 6. The highest BCUT2D eigenvalue weighted by atomic mass is 16.2. The van der Waals surface area contributed by atoms with Crippen molar-refractivity contribution in [2.24, 2.45) is 0 Å². The number of benzene rings is 2. The molecule has 1 N–H and O–H groups in total. The molecule has 0 bridgehead atoms. The number of nitrogens with one attached hydrogen (secondary N) is 1. The summed E-state index contributed by atoms with van der Waals surface area (Å²) < 4.78 is 2.08. The van der Waals surface area contributed by atoms with Gasteiger partial charge < -0.3 is 9.88 Å². The van der Waals surface area contributed by atoms with Crippen molar-refractivity contribution in [2.75, 3.05) is 25.0 Å². The van der Waals surface area contributed by atoms with Gasteiger partial charge in [-0.1, -0.05) is 48.5 Å². The van der Waals surface area contributed by atoms with Gasteiger partial charge in [0, 0.05) is 18.1 Å². The summed E-state index contributed by atoms with van der Waals surface area (Å²) in [5.74, 6) is 1.63. The van der Waals surface area contributed by atoms with Crippen LogP contribution in [0.5, 0.6) is 0 Å². The van der Waals surface area contributed by atoms with Gasteiger partial charge in [0.05, 0.1) is 13.1 Å². The highest BCUT2D eigenvalue weighted by Gasteiger charge is 2.22. The van der Waals surface area contributed by atoms with Crippen molar-refractivity contribution >= 4 is 11.6 Å². The van der Waals surface area contributed by atoms with E-state index in [0.717, 1.165) is 43.0 Å². The topological polar surface area (TPSA) is 50.2 Å². The lowest BCUT2D eigenvalue weighted by Crippen LogP contribution is -2.38. The summed E-state index contributed by atoms with van der Waals surface area (Å²) in [6.45, 7) is 5.05. The number of nitrogens with zero attached hydrogens (tertiary/aromatic N) is 3. The number of aromatic nitrogens is 2. The van der Waals surface area contributed by atoms with E-state index in [9.17, 15) is 4.79 Å². The molecule has 0 atom stereocenters. The maximum absolute atomic E-state index is 12.7. The number of hydrogen-bond donors (Lipinski definition) is 1. The van der Waals surface area contributed by atoms with Crippen molar-refractivity contribution in [1.82, 2.24) is 14.5 Å². The molecule has 1 saturated heterocycles. The summed E-state index contributed by atoms with van der Waals surface area (Å²) in [6.07, 6.45) is 5.97. The molecule has 29 heavy (non-hydrogen) atoms. The number of hydrogen-bond acceptors (Lipinski definition) is 3. The fourth-order valence-corrected chi connectivity index (χ4v) is 4.08. The van der Waals surface area contributed by atoms with Gasteiger partial charge in [-0.2, -0.15) is 0 Å². The van der Waals surface area contributed by atoms with E-state index >= 15 is 0 Å². The largest absolute Gasteiger partial charge is 0.331 e. The summed E-state index contributed by atoms with van der Waals surface area (Å²) in [6, 6.07) is 18.7. The van der Waals surface area contributed by atoms with Crippen LogP contribution >= 0.6 is 0 Å². The minimum absolute atomic E-state index is 0.0537. The van der Waals surface area contributed by atoms with Crippen molar-refractivity contribution in [3.63, 3.8) is 0 Å². The molecule has 150 valence electrons. The molecule has 0 aliphatic carbocycles. The number of imidazole rings is 1. The first-order chi connectivity index (χ1) is 14.2. The van der Waals surface area contributed by atoms with Crippen molar-refractivity contribution in [3.8, 4) is 0 Å². The number of amides is 1. The number of carbonyl (C=O) groups is 1. The summed E-state index contributed by atoms with van der Waals surface area (Å²) >= 11 is 0. The first-order valence-corrected chi connectivity index (χ1v) is 10.3. The number of likely N-dealkylation sites (tertiary alicyclic amines) is 1. The van der Waals surface area contributed by atoms with E-state index < -0.39 is 0 Å². The Morgan fingerprint density at radius 3 is 2.52 bits per heavy atom. The Balaban J connectivity index is 1.32. The minimum Gasteiger partial charge on any atom is -0.331 e. The molecule has 1 fully saturated rings. The zero-order valence-electron chi connectivity index (χ0n) is 16.9. The van der Waals surface area contributed by atoms with Gasteiger partial charge in [0.15, 0.2) is 0 Å². The highest BCUT2D eigenvalue weighted by Crippen LogP contribution is 2.27. The van der Waals surface area contributed by atoms with Gasteiger partial charge in [0.25, 0.3) is 0 Å². The third-order valence-electron chi connectivity index (χ3n) is 5.78. The second-order valence-corrected chi connectivity index (χ2v) is 7.77. The minimum atomic E-state index is 0.0537. The predicted octanol–water partition coefficient (Wildman–Crippen LogP) is 4.06. The van der Waals surface area contributed by atoms with Gasteiger partial charge in [-0.05, 0) is 56.0 Å². The van der Waals surface area contributed by atoms with Crippen molar-refractivity contribution in [2.45, 2.75) is 32.2 Å². The Morgan fingerprint density at radius 2 is 1.79 bits per heavy atom. The fourth-order valence-electron chi connectivity index (χ4n) is 4.08. The molecule has 1 aromatic heterocycles. The zero-order chi connectivity index (χ0) is 20.1. The van der Waals surface area contributed by atoms with Crippen molar-refractivity contribution in [3.05, 3.63) is 83.9 Å². The zero-order valence-corrected chi connectivity index (χ0v) is 16.9. The molecule has 5 heteroatoms. The van der Waals surface area contributed by atoms with Crippen LogP contribution < -0.4 is 5.32 Å². The van der Waals surface area contributed by atoms with Crippen LogP contribution in [0.2, 0.25) is 0 Å². The maximum atomic E-state index is 12.7. The van der Waals surface area contributed by atoms with Crippen LogP contribution in [0.4, 0.5) is 5.69 Å². The second kappa shape index (κ2) is 9.05. The number of piperidine rings is 1. The van der Waals surface area contributed by atoms with Crippen LogP contribution in [0.3, 0.4) is 0 Å². The molecule has 0 radical (unpaired) electrons. The van der Waals surface area contributed by atoms with Crippen LogP contribution in [-0.2, 0) is 11.3 Å². The van der Waals surface area contributed by atoms with Crippen molar-refractivity contribution < 1.29 is 4.79 Å². The molecule has 4 rings (SSSR count). The van der Waals surface area contributed by atoms with Crippen LogP contribution in [0.1, 0.15) is 35.7 Å². The number of carbonyl (C=O) groups excluding carboxylic acids is 1. The van der Waals surface area contributed by atoms with Gasteiger partial charge in [-0.15, -0.1) is 0 Å².